The Balaban J connectivity index is 2.55. The number of hydrogen-bond acceptors (Lipinski definition) is 2. The van der Waals surface area contributed by atoms with Crippen LogP contribution in [0.3, 0.4) is 0 Å². The minimum atomic E-state index is -0.0500. The molecule has 0 aliphatic rings. The second-order valence-corrected chi connectivity index (χ2v) is 4.68. The van der Waals surface area contributed by atoms with E-state index in [0.29, 0.717) is 0 Å². The largest absolute Gasteiger partial charge is 0.369 e. The molecule has 100 valence electrons. The van der Waals surface area contributed by atoms with Gasteiger partial charge in [0.05, 0.1) is 12.1 Å². The lowest BCUT2D eigenvalue weighted by Crippen LogP contribution is -2.32. The van der Waals surface area contributed by atoms with Gasteiger partial charge in [0.1, 0.15) is 6.61 Å². The number of carbonyl (C=O) groups is 1. The fourth-order valence-electron chi connectivity index (χ4n) is 1.77. The van der Waals surface area contributed by atoms with Crippen molar-refractivity contribution in [2.75, 3.05) is 6.61 Å². The van der Waals surface area contributed by atoms with Crippen molar-refractivity contribution in [2.45, 2.75) is 45.8 Å². The fraction of sp³-hybridized carbons (Fsp3) is 0.533. The van der Waals surface area contributed by atoms with E-state index in [0.717, 1.165) is 18.4 Å². The molecule has 3 heteroatoms. The molecule has 1 aromatic carbocycles. The zero-order chi connectivity index (χ0) is 13.4. The van der Waals surface area contributed by atoms with Crippen LogP contribution >= 0.6 is 0 Å². The first-order valence-corrected chi connectivity index (χ1v) is 6.59. The molecule has 0 fully saturated rings. The quantitative estimate of drug-likeness (QED) is 0.806. The Morgan fingerprint density at radius 1 is 1.28 bits per heavy atom. The smallest absolute Gasteiger partial charge is 0.246 e. The van der Waals surface area contributed by atoms with Crippen LogP contribution in [0.2, 0.25) is 0 Å². The van der Waals surface area contributed by atoms with Crippen LogP contribution in [0.25, 0.3) is 0 Å². The third-order valence-electron chi connectivity index (χ3n) is 2.66. The van der Waals surface area contributed by atoms with E-state index in [1.54, 1.807) is 0 Å². The summed E-state index contributed by atoms with van der Waals surface area (Å²) in [6.45, 7) is 6.10. The van der Waals surface area contributed by atoms with Crippen molar-refractivity contribution in [2.24, 2.45) is 0 Å². The molecule has 1 unspecified atom stereocenters. The van der Waals surface area contributed by atoms with Gasteiger partial charge in [-0.25, -0.2) is 0 Å². The van der Waals surface area contributed by atoms with Gasteiger partial charge in [0.2, 0.25) is 5.91 Å². The van der Waals surface area contributed by atoms with Crippen molar-refractivity contribution in [3.63, 3.8) is 0 Å². The fourth-order valence-corrected chi connectivity index (χ4v) is 1.77. The Labute approximate surface area is 110 Å². The molecule has 1 N–H and O–H groups in total. The molecule has 18 heavy (non-hydrogen) atoms. The van der Waals surface area contributed by atoms with Gasteiger partial charge in [-0.3, -0.25) is 4.79 Å². The molecule has 0 spiro atoms. The number of amides is 1. The summed E-state index contributed by atoms with van der Waals surface area (Å²) in [7, 11) is 0. The van der Waals surface area contributed by atoms with E-state index in [4.69, 9.17) is 4.74 Å². The van der Waals surface area contributed by atoms with Crippen LogP contribution in [0, 0.1) is 0 Å². The first-order valence-electron chi connectivity index (χ1n) is 6.59. The monoisotopic (exact) mass is 249 g/mol. The molecule has 0 aliphatic carbocycles. The second kappa shape index (κ2) is 7.88. The predicted octanol–water partition coefficient (Wildman–Crippen LogP) is 3.07. The third-order valence-corrected chi connectivity index (χ3v) is 2.66. The minimum Gasteiger partial charge on any atom is -0.369 e. The Hall–Kier alpha value is -1.35. The highest BCUT2D eigenvalue weighted by molar-refractivity contribution is 5.77. The van der Waals surface area contributed by atoms with Gasteiger partial charge in [0, 0.05) is 0 Å². The van der Waals surface area contributed by atoms with Crippen LogP contribution < -0.4 is 5.32 Å². The Morgan fingerprint density at radius 2 is 1.94 bits per heavy atom. The number of rotatable bonds is 7. The van der Waals surface area contributed by atoms with E-state index >= 15 is 0 Å². The molecule has 0 saturated heterocycles. The predicted molar refractivity (Wildman–Crippen MR) is 73.3 cm³/mol. The van der Waals surface area contributed by atoms with Crippen molar-refractivity contribution in [1.82, 2.24) is 5.32 Å². The lowest BCUT2D eigenvalue weighted by atomic mass is 10.0. The van der Waals surface area contributed by atoms with Gasteiger partial charge in [-0.2, -0.15) is 0 Å². The summed E-state index contributed by atoms with van der Waals surface area (Å²) in [4.78, 5) is 11.8. The molecule has 0 aromatic heterocycles. The van der Waals surface area contributed by atoms with Crippen LogP contribution in [-0.2, 0) is 9.53 Å². The molecule has 0 saturated carbocycles. The first kappa shape index (κ1) is 14.7. The first-order chi connectivity index (χ1) is 8.63. The highest BCUT2D eigenvalue weighted by Crippen LogP contribution is 2.17. The second-order valence-electron chi connectivity index (χ2n) is 4.68. The summed E-state index contributed by atoms with van der Waals surface area (Å²) in [6, 6.07) is 10.1. The number of hydrogen-bond donors (Lipinski definition) is 1. The van der Waals surface area contributed by atoms with Gasteiger partial charge >= 0.3 is 0 Å². The van der Waals surface area contributed by atoms with Crippen molar-refractivity contribution in [3.05, 3.63) is 35.9 Å². The van der Waals surface area contributed by atoms with Crippen LogP contribution in [-0.4, -0.2) is 18.6 Å². The maximum absolute atomic E-state index is 11.8. The molecule has 1 atom stereocenters. The average Bonchev–Trinajstić information content (AvgIpc) is 2.37. The normalized spacial score (nSPS) is 12.4. The van der Waals surface area contributed by atoms with Gasteiger partial charge in [-0.1, -0.05) is 43.7 Å². The average molecular weight is 249 g/mol. The van der Waals surface area contributed by atoms with E-state index < -0.39 is 0 Å². The molecule has 1 aromatic rings. The standard InChI is InChI=1S/C15H23NO2/c1-4-8-14(13-9-6-5-7-10-13)16-15(17)11-18-12(2)3/h5-7,9-10,12,14H,4,8,11H2,1-3H3,(H,16,17). The Bertz CT molecular complexity index is 349. The molecule has 0 heterocycles. The van der Waals surface area contributed by atoms with Crippen LogP contribution in [0.1, 0.15) is 45.2 Å². The maximum atomic E-state index is 11.8. The van der Waals surface area contributed by atoms with Crippen molar-refractivity contribution in [1.29, 1.82) is 0 Å². The van der Waals surface area contributed by atoms with Crippen molar-refractivity contribution >= 4 is 5.91 Å². The highest BCUT2D eigenvalue weighted by Gasteiger charge is 2.13. The number of ether oxygens (including phenoxy) is 1. The topological polar surface area (TPSA) is 38.3 Å². The van der Waals surface area contributed by atoms with E-state index in [1.807, 2.05) is 44.2 Å². The van der Waals surface area contributed by atoms with Crippen LogP contribution in [0.4, 0.5) is 0 Å². The van der Waals surface area contributed by atoms with Gasteiger partial charge in [0.25, 0.3) is 0 Å². The summed E-state index contributed by atoms with van der Waals surface area (Å²) < 4.78 is 5.31. The lowest BCUT2D eigenvalue weighted by Gasteiger charge is -2.19. The van der Waals surface area contributed by atoms with Gasteiger partial charge in [-0.05, 0) is 25.8 Å². The van der Waals surface area contributed by atoms with E-state index in [2.05, 4.69) is 12.2 Å². The molecule has 1 rings (SSSR count). The van der Waals surface area contributed by atoms with E-state index in [-0.39, 0.29) is 24.7 Å². The summed E-state index contributed by atoms with van der Waals surface area (Å²) >= 11 is 0. The minimum absolute atomic E-state index is 0.0500. The van der Waals surface area contributed by atoms with Crippen molar-refractivity contribution in [3.8, 4) is 0 Å². The molecular formula is C15H23NO2. The molecular weight excluding hydrogens is 226 g/mol. The zero-order valence-corrected chi connectivity index (χ0v) is 11.5. The number of nitrogens with one attached hydrogen (secondary N) is 1. The summed E-state index contributed by atoms with van der Waals surface area (Å²) in [5.41, 5.74) is 1.15. The van der Waals surface area contributed by atoms with Crippen LogP contribution in [0.15, 0.2) is 30.3 Å². The van der Waals surface area contributed by atoms with E-state index in [1.165, 1.54) is 0 Å². The van der Waals surface area contributed by atoms with Crippen LogP contribution in [0.5, 0.6) is 0 Å². The Kier molecular flexibility index (Phi) is 6.44. The van der Waals surface area contributed by atoms with Gasteiger partial charge in [0.15, 0.2) is 0 Å². The number of benzene rings is 1. The summed E-state index contributed by atoms with van der Waals surface area (Å²) in [6.07, 6.45) is 2.06. The molecule has 1 amide bonds. The highest BCUT2D eigenvalue weighted by atomic mass is 16.5. The zero-order valence-electron chi connectivity index (χ0n) is 11.5. The molecule has 0 bridgehead atoms. The maximum Gasteiger partial charge on any atom is 0.246 e. The molecule has 0 radical (unpaired) electrons. The van der Waals surface area contributed by atoms with Gasteiger partial charge < -0.3 is 10.1 Å². The molecule has 0 aliphatic heterocycles. The summed E-state index contributed by atoms with van der Waals surface area (Å²) in [5, 5.41) is 3.03. The summed E-state index contributed by atoms with van der Waals surface area (Å²) in [5.74, 6) is -0.0500. The molecule has 3 nitrogen and oxygen atoms in total. The number of carbonyl (C=O) groups excluding carboxylic acids is 1. The lowest BCUT2D eigenvalue weighted by molar-refractivity contribution is -0.127. The third kappa shape index (κ3) is 5.32. The Morgan fingerprint density at radius 3 is 2.50 bits per heavy atom. The van der Waals surface area contributed by atoms with Crippen molar-refractivity contribution < 1.29 is 9.53 Å². The van der Waals surface area contributed by atoms with E-state index in [9.17, 15) is 4.79 Å². The van der Waals surface area contributed by atoms with Gasteiger partial charge in [-0.15, -0.1) is 0 Å². The SMILES string of the molecule is CCCC(NC(=O)COC(C)C)c1ccccc1.